The minimum atomic E-state index is -0.406. The lowest BCUT2D eigenvalue weighted by Gasteiger charge is -2.03. The van der Waals surface area contributed by atoms with E-state index in [1.54, 1.807) is 0 Å². The van der Waals surface area contributed by atoms with Crippen molar-refractivity contribution in [2.75, 3.05) is 18.9 Å². The van der Waals surface area contributed by atoms with Crippen molar-refractivity contribution in [1.82, 2.24) is 9.97 Å². The number of nitrogen functional groups attached to an aromatic ring is 1. The molecule has 0 atom stereocenters. The lowest BCUT2D eigenvalue weighted by molar-refractivity contribution is 0.316. The van der Waals surface area contributed by atoms with Crippen molar-refractivity contribution in [2.24, 2.45) is 5.73 Å². The molecule has 0 aromatic carbocycles. The summed E-state index contributed by atoms with van der Waals surface area (Å²) in [5, 5.41) is 0. The van der Waals surface area contributed by atoms with Gasteiger partial charge in [0.05, 0.1) is 6.33 Å². The Bertz CT molecular complexity index is 309. The molecule has 0 saturated heterocycles. The first-order valence-electron chi connectivity index (χ1n) is 3.41. The Kier molecular flexibility index (Phi) is 2.65. The van der Waals surface area contributed by atoms with E-state index < -0.39 is 5.56 Å². The van der Waals surface area contributed by atoms with Crippen LogP contribution >= 0.6 is 0 Å². The van der Waals surface area contributed by atoms with Crippen LogP contribution in [0.2, 0.25) is 0 Å². The highest BCUT2D eigenvalue weighted by atomic mass is 16.5. The molecule has 1 aromatic rings. The largest absolute Gasteiger partial charge is 0.475 e. The topological polar surface area (TPSA) is 107 Å². The van der Waals surface area contributed by atoms with Crippen molar-refractivity contribution in [2.45, 2.75) is 0 Å². The zero-order valence-electron chi connectivity index (χ0n) is 6.41. The number of nitrogens with one attached hydrogen (secondary N) is 1. The van der Waals surface area contributed by atoms with Crippen molar-refractivity contribution in [1.29, 1.82) is 0 Å². The first-order chi connectivity index (χ1) is 5.75. The highest BCUT2D eigenvalue weighted by molar-refractivity contribution is 5.44. The quantitative estimate of drug-likeness (QED) is 0.522. The Balaban J connectivity index is 2.85. The predicted molar refractivity (Wildman–Crippen MR) is 43.8 cm³/mol. The highest BCUT2D eigenvalue weighted by Gasteiger charge is 2.03. The fraction of sp³-hybridized carbons (Fsp3) is 0.333. The third-order valence-electron chi connectivity index (χ3n) is 1.21. The van der Waals surface area contributed by atoms with Crippen LogP contribution in [0.5, 0.6) is 5.88 Å². The van der Waals surface area contributed by atoms with Crippen molar-refractivity contribution >= 4 is 5.69 Å². The lowest BCUT2D eigenvalue weighted by atomic mass is 10.5. The SMILES string of the molecule is NCCOc1nc[nH]c(=O)c1N. The van der Waals surface area contributed by atoms with Gasteiger partial charge in [-0.2, -0.15) is 0 Å². The maximum Gasteiger partial charge on any atom is 0.277 e. The molecule has 0 aliphatic carbocycles. The number of hydrogen-bond acceptors (Lipinski definition) is 5. The predicted octanol–water partition coefficient (Wildman–Crippen LogP) is -1.31. The summed E-state index contributed by atoms with van der Waals surface area (Å²) in [4.78, 5) is 16.9. The molecule has 0 fully saturated rings. The lowest BCUT2D eigenvalue weighted by Crippen LogP contribution is -2.17. The number of hydrogen-bond donors (Lipinski definition) is 3. The van der Waals surface area contributed by atoms with Crippen LogP contribution in [0.25, 0.3) is 0 Å². The molecule has 1 aromatic heterocycles. The first-order valence-corrected chi connectivity index (χ1v) is 3.41. The summed E-state index contributed by atoms with van der Waals surface area (Å²) in [6, 6.07) is 0. The summed E-state index contributed by atoms with van der Waals surface area (Å²) in [6.45, 7) is 0.647. The van der Waals surface area contributed by atoms with Gasteiger partial charge in [-0.1, -0.05) is 0 Å². The molecule has 1 rings (SSSR count). The van der Waals surface area contributed by atoms with Gasteiger partial charge in [-0.3, -0.25) is 4.79 Å². The standard InChI is InChI=1S/C6H10N4O2/c7-1-2-12-6-4(8)5(11)9-3-10-6/h3H,1-2,7-8H2,(H,9,10,11). The summed E-state index contributed by atoms with van der Waals surface area (Å²) in [5.74, 6) is 0.129. The molecule has 0 bridgehead atoms. The fourth-order valence-electron chi connectivity index (χ4n) is 0.665. The maximum atomic E-state index is 10.9. The number of ether oxygens (including phenoxy) is 1. The molecule has 5 N–H and O–H groups in total. The van der Waals surface area contributed by atoms with E-state index in [1.807, 2.05) is 0 Å². The zero-order chi connectivity index (χ0) is 8.97. The van der Waals surface area contributed by atoms with E-state index in [-0.39, 0.29) is 11.6 Å². The molecule has 0 unspecified atom stereocenters. The van der Waals surface area contributed by atoms with Gasteiger partial charge in [-0.25, -0.2) is 4.98 Å². The minimum Gasteiger partial charge on any atom is -0.475 e. The molecule has 66 valence electrons. The second-order valence-electron chi connectivity index (χ2n) is 2.09. The average Bonchev–Trinajstić information content (AvgIpc) is 2.08. The second kappa shape index (κ2) is 3.72. The minimum absolute atomic E-state index is 0.0223. The molecule has 0 radical (unpaired) electrons. The van der Waals surface area contributed by atoms with Crippen LogP contribution in [0.4, 0.5) is 5.69 Å². The van der Waals surface area contributed by atoms with Crippen LogP contribution in [-0.4, -0.2) is 23.1 Å². The van der Waals surface area contributed by atoms with E-state index in [2.05, 4.69) is 9.97 Å². The summed E-state index contributed by atoms with van der Waals surface area (Å²) >= 11 is 0. The van der Waals surface area contributed by atoms with E-state index in [1.165, 1.54) is 6.33 Å². The number of anilines is 1. The van der Waals surface area contributed by atoms with Gasteiger partial charge in [0.1, 0.15) is 6.61 Å². The second-order valence-corrected chi connectivity index (χ2v) is 2.09. The van der Waals surface area contributed by atoms with Crippen LogP contribution < -0.4 is 21.8 Å². The Morgan fingerprint density at radius 3 is 3.08 bits per heavy atom. The monoisotopic (exact) mass is 170 g/mol. The average molecular weight is 170 g/mol. The molecular weight excluding hydrogens is 160 g/mol. The Hall–Kier alpha value is -1.56. The van der Waals surface area contributed by atoms with Gasteiger partial charge < -0.3 is 21.2 Å². The molecule has 0 spiro atoms. The molecule has 12 heavy (non-hydrogen) atoms. The number of aromatic nitrogens is 2. The van der Waals surface area contributed by atoms with Gasteiger partial charge >= 0.3 is 0 Å². The number of nitrogens with zero attached hydrogens (tertiary/aromatic N) is 1. The third kappa shape index (κ3) is 1.73. The molecule has 0 aliphatic rings. The van der Waals surface area contributed by atoms with Gasteiger partial charge in [-0.15, -0.1) is 0 Å². The summed E-state index contributed by atoms with van der Waals surface area (Å²) in [6.07, 6.45) is 1.23. The summed E-state index contributed by atoms with van der Waals surface area (Å²) in [5.41, 5.74) is 10.1. The molecular formula is C6H10N4O2. The normalized spacial score (nSPS) is 9.75. The van der Waals surface area contributed by atoms with E-state index in [4.69, 9.17) is 16.2 Å². The van der Waals surface area contributed by atoms with Gasteiger partial charge in [0.25, 0.3) is 5.56 Å². The highest BCUT2D eigenvalue weighted by Crippen LogP contribution is 2.09. The van der Waals surface area contributed by atoms with Gasteiger partial charge in [-0.05, 0) is 0 Å². The van der Waals surface area contributed by atoms with Crippen molar-refractivity contribution in [3.8, 4) is 5.88 Å². The van der Waals surface area contributed by atoms with Crippen LogP contribution in [-0.2, 0) is 0 Å². The summed E-state index contributed by atoms with van der Waals surface area (Å²) in [7, 11) is 0. The number of aromatic amines is 1. The van der Waals surface area contributed by atoms with Crippen LogP contribution in [0.1, 0.15) is 0 Å². The molecule has 0 amide bonds. The van der Waals surface area contributed by atoms with Crippen molar-refractivity contribution < 1.29 is 4.74 Å². The third-order valence-corrected chi connectivity index (χ3v) is 1.21. The van der Waals surface area contributed by atoms with Gasteiger partial charge in [0, 0.05) is 6.54 Å². The molecule has 6 nitrogen and oxygen atoms in total. The molecule has 0 aliphatic heterocycles. The first kappa shape index (κ1) is 8.54. The fourth-order valence-corrected chi connectivity index (χ4v) is 0.665. The van der Waals surface area contributed by atoms with E-state index in [9.17, 15) is 4.79 Å². The number of rotatable bonds is 3. The van der Waals surface area contributed by atoms with Crippen LogP contribution in [0.3, 0.4) is 0 Å². The summed E-state index contributed by atoms with van der Waals surface area (Å²) < 4.78 is 4.99. The number of nitrogens with two attached hydrogens (primary N) is 2. The molecule has 6 heteroatoms. The van der Waals surface area contributed by atoms with Gasteiger partial charge in [0.15, 0.2) is 5.69 Å². The van der Waals surface area contributed by atoms with Gasteiger partial charge in [0.2, 0.25) is 5.88 Å². The Morgan fingerprint density at radius 2 is 2.42 bits per heavy atom. The van der Waals surface area contributed by atoms with Crippen molar-refractivity contribution in [3.63, 3.8) is 0 Å². The number of H-pyrrole nitrogens is 1. The van der Waals surface area contributed by atoms with E-state index in [0.717, 1.165) is 0 Å². The molecule has 1 heterocycles. The van der Waals surface area contributed by atoms with Crippen LogP contribution in [0, 0.1) is 0 Å². The molecule has 0 saturated carbocycles. The van der Waals surface area contributed by atoms with Crippen molar-refractivity contribution in [3.05, 3.63) is 16.7 Å². The Labute approximate surface area is 68.6 Å². The Morgan fingerprint density at radius 1 is 1.67 bits per heavy atom. The zero-order valence-corrected chi connectivity index (χ0v) is 6.41. The van der Waals surface area contributed by atoms with E-state index >= 15 is 0 Å². The smallest absolute Gasteiger partial charge is 0.277 e. The maximum absolute atomic E-state index is 10.9. The van der Waals surface area contributed by atoms with E-state index in [0.29, 0.717) is 13.2 Å². The van der Waals surface area contributed by atoms with Crippen LogP contribution in [0.15, 0.2) is 11.1 Å².